The first-order valence-corrected chi connectivity index (χ1v) is 6.84. The van der Waals surface area contributed by atoms with Crippen LogP contribution in [-0.4, -0.2) is 14.4 Å². The molecule has 0 saturated heterocycles. The van der Waals surface area contributed by atoms with Gasteiger partial charge >= 0.3 is 0 Å². The number of aromatic nitrogens is 3. The zero-order chi connectivity index (χ0) is 13.0. The van der Waals surface area contributed by atoms with Gasteiger partial charge in [-0.2, -0.15) is 0 Å². The second-order valence-corrected chi connectivity index (χ2v) is 5.52. The van der Waals surface area contributed by atoms with Crippen molar-refractivity contribution in [2.75, 3.05) is 0 Å². The van der Waals surface area contributed by atoms with Crippen molar-refractivity contribution in [3.63, 3.8) is 0 Å². The number of imidazole rings is 1. The molecule has 0 bridgehead atoms. The Morgan fingerprint density at radius 2 is 2.00 bits per heavy atom. The number of aryl methyl sites for hydroxylation is 2. The highest BCUT2D eigenvalue weighted by molar-refractivity contribution is 7.23. The Balaban J connectivity index is 1.97. The molecule has 0 radical (unpaired) electrons. The lowest BCUT2D eigenvalue weighted by atomic mass is 10.3. The average Bonchev–Trinajstić information content (AvgIpc) is 3.01. The Labute approximate surface area is 113 Å². The molecule has 4 aromatic rings. The third kappa shape index (κ3) is 1.58. The highest BCUT2D eigenvalue weighted by Crippen LogP contribution is 2.29. The molecule has 0 spiro atoms. The van der Waals surface area contributed by atoms with E-state index in [2.05, 4.69) is 20.4 Å². The van der Waals surface area contributed by atoms with E-state index >= 15 is 0 Å². The molecule has 0 aliphatic rings. The standard InChI is InChI=1S/C14H11N3OS/c1-8-3-5-11-13(15-8)19-14-16-10(7-17(11)14)12-6-4-9(2)18-12/h3-7H,1-2H3. The summed E-state index contributed by atoms with van der Waals surface area (Å²) < 4.78 is 7.68. The number of nitrogens with zero attached hydrogens (tertiary/aromatic N) is 3. The largest absolute Gasteiger partial charge is 0.460 e. The molecule has 4 heterocycles. The van der Waals surface area contributed by atoms with Gasteiger partial charge in [0.25, 0.3) is 0 Å². The van der Waals surface area contributed by atoms with E-state index in [0.29, 0.717) is 0 Å². The van der Waals surface area contributed by atoms with Crippen LogP contribution in [-0.2, 0) is 0 Å². The molecule has 5 heteroatoms. The average molecular weight is 269 g/mol. The topological polar surface area (TPSA) is 43.3 Å². The molecule has 0 saturated carbocycles. The van der Waals surface area contributed by atoms with Crippen molar-refractivity contribution in [3.05, 3.63) is 41.9 Å². The van der Waals surface area contributed by atoms with Gasteiger partial charge in [0.15, 0.2) is 10.7 Å². The SMILES string of the molecule is Cc1ccc2c(n1)sc1nc(-c3ccc(C)o3)cn12. The van der Waals surface area contributed by atoms with Crippen LogP contribution in [0.4, 0.5) is 0 Å². The van der Waals surface area contributed by atoms with Gasteiger partial charge in [0.05, 0.1) is 5.52 Å². The van der Waals surface area contributed by atoms with E-state index in [0.717, 1.165) is 38.2 Å². The van der Waals surface area contributed by atoms with Crippen molar-refractivity contribution in [3.8, 4) is 11.5 Å². The number of hydrogen-bond acceptors (Lipinski definition) is 4. The number of fused-ring (bicyclic) bond motifs is 3. The van der Waals surface area contributed by atoms with Gasteiger partial charge in [-0.15, -0.1) is 0 Å². The molecule has 0 aromatic carbocycles. The summed E-state index contributed by atoms with van der Waals surface area (Å²) in [6.45, 7) is 3.93. The molecule has 4 aromatic heterocycles. The van der Waals surface area contributed by atoms with Gasteiger partial charge in [0.2, 0.25) is 0 Å². The Hall–Kier alpha value is -2.14. The maximum atomic E-state index is 5.61. The summed E-state index contributed by atoms with van der Waals surface area (Å²) in [5.41, 5.74) is 2.98. The molecular weight excluding hydrogens is 258 g/mol. The van der Waals surface area contributed by atoms with Gasteiger partial charge in [-0.05, 0) is 38.1 Å². The smallest absolute Gasteiger partial charge is 0.196 e. The minimum Gasteiger partial charge on any atom is -0.460 e. The fourth-order valence-electron chi connectivity index (χ4n) is 2.17. The van der Waals surface area contributed by atoms with E-state index in [1.165, 1.54) is 0 Å². The number of rotatable bonds is 1. The van der Waals surface area contributed by atoms with Crippen LogP contribution in [0.25, 0.3) is 26.8 Å². The maximum absolute atomic E-state index is 5.61. The summed E-state index contributed by atoms with van der Waals surface area (Å²) in [5, 5.41) is 0. The van der Waals surface area contributed by atoms with Crippen molar-refractivity contribution in [2.24, 2.45) is 0 Å². The first kappa shape index (κ1) is 10.8. The molecule has 0 unspecified atom stereocenters. The van der Waals surface area contributed by atoms with Crippen LogP contribution in [0.15, 0.2) is 34.9 Å². The van der Waals surface area contributed by atoms with E-state index in [1.54, 1.807) is 11.3 Å². The lowest BCUT2D eigenvalue weighted by Gasteiger charge is -1.92. The molecular formula is C14H11N3OS. The van der Waals surface area contributed by atoms with E-state index in [-0.39, 0.29) is 0 Å². The first-order chi connectivity index (χ1) is 9.20. The summed E-state index contributed by atoms with van der Waals surface area (Å²) in [7, 11) is 0. The Morgan fingerprint density at radius 3 is 2.79 bits per heavy atom. The van der Waals surface area contributed by atoms with Crippen LogP contribution in [0.5, 0.6) is 0 Å². The summed E-state index contributed by atoms with van der Waals surface area (Å²) in [6.07, 6.45) is 2.00. The van der Waals surface area contributed by atoms with Crippen LogP contribution in [0.1, 0.15) is 11.5 Å². The Kier molecular flexibility index (Phi) is 2.08. The summed E-state index contributed by atoms with van der Waals surface area (Å²) >= 11 is 1.60. The van der Waals surface area contributed by atoms with Crippen LogP contribution < -0.4 is 0 Å². The second-order valence-electron chi connectivity index (χ2n) is 4.57. The highest BCUT2D eigenvalue weighted by atomic mass is 32.1. The van der Waals surface area contributed by atoms with Crippen molar-refractivity contribution in [1.82, 2.24) is 14.4 Å². The van der Waals surface area contributed by atoms with Crippen molar-refractivity contribution >= 4 is 26.6 Å². The maximum Gasteiger partial charge on any atom is 0.196 e. The zero-order valence-corrected chi connectivity index (χ0v) is 11.4. The van der Waals surface area contributed by atoms with E-state index < -0.39 is 0 Å². The molecule has 0 aliphatic carbocycles. The van der Waals surface area contributed by atoms with Crippen molar-refractivity contribution in [1.29, 1.82) is 0 Å². The van der Waals surface area contributed by atoms with Crippen molar-refractivity contribution < 1.29 is 4.42 Å². The lowest BCUT2D eigenvalue weighted by Crippen LogP contribution is -1.81. The molecule has 19 heavy (non-hydrogen) atoms. The molecule has 0 fully saturated rings. The number of pyridine rings is 1. The lowest BCUT2D eigenvalue weighted by molar-refractivity contribution is 0.547. The predicted octanol–water partition coefficient (Wildman–Crippen LogP) is 3.82. The van der Waals surface area contributed by atoms with Gasteiger partial charge < -0.3 is 4.42 Å². The molecule has 0 aliphatic heterocycles. The fraction of sp³-hybridized carbons (Fsp3) is 0.143. The Morgan fingerprint density at radius 1 is 1.11 bits per heavy atom. The minimum absolute atomic E-state index is 0.807. The predicted molar refractivity (Wildman–Crippen MR) is 75.5 cm³/mol. The van der Waals surface area contributed by atoms with Crippen LogP contribution in [0.2, 0.25) is 0 Å². The molecule has 0 amide bonds. The number of furan rings is 1. The summed E-state index contributed by atoms with van der Waals surface area (Å²) in [6, 6.07) is 8.00. The third-order valence-electron chi connectivity index (χ3n) is 3.09. The zero-order valence-electron chi connectivity index (χ0n) is 10.5. The Bertz CT molecular complexity index is 900. The van der Waals surface area contributed by atoms with Gasteiger partial charge in [-0.3, -0.25) is 4.40 Å². The molecule has 4 nitrogen and oxygen atoms in total. The van der Waals surface area contributed by atoms with Crippen molar-refractivity contribution in [2.45, 2.75) is 13.8 Å². The molecule has 0 N–H and O–H groups in total. The summed E-state index contributed by atoms with van der Waals surface area (Å²) in [4.78, 5) is 11.1. The normalized spacial score (nSPS) is 11.7. The monoisotopic (exact) mass is 269 g/mol. The highest BCUT2D eigenvalue weighted by Gasteiger charge is 2.12. The van der Waals surface area contributed by atoms with E-state index in [9.17, 15) is 0 Å². The van der Waals surface area contributed by atoms with E-state index in [4.69, 9.17) is 4.42 Å². The minimum atomic E-state index is 0.807. The third-order valence-corrected chi connectivity index (χ3v) is 4.06. The van der Waals surface area contributed by atoms with Gasteiger partial charge in [0.1, 0.15) is 16.3 Å². The van der Waals surface area contributed by atoms with Crippen LogP contribution in [0.3, 0.4) is 0 Å². The van der Waals surface area contributed by atoms with Gasteiger partial charge in [-0.1, -0.05) is 11.3 Å². The second kappa shape index (κ2) is 3.68. The molecule has 0 atom stereocenters. The molecule has 94 valence electrons. The van der Waals surface area contributed by atoms with Gasteiger partial charge in [0, 0.05) is 11.9 Å². The van der Waals surface area contributed by atoms with E-state index in [1.807, 2.05) is 38.2 Å². The number of hydrogen-bond donors (Lipinski definition) is 0. The summed E-state index contributed by atoms with van der Waals surface area (Å²) in [5.74, 6) is 1.70. The van der Waals surface area contributed by atoms with Gasteiger partial charge in [-0.25, -0.2) is 9.97 Å². The van der Waals surface area contributed by atoms with Crippen LogP contribution in [0, 0.1) is 13.8 Å². The quantitative estimate of drug-likeness (QED) is 0.527. The molecule has 4 rings (SSSR count). The first-order valence-electron chi connectivity index (χ1n) is 6.03. The number of thiazole rings is 1. The van der Waals surface area contributed by atoms with Crippen LogP contribution >= 0.6 is 11.3 Å². The fourth-order valence-corrected chi connectivity index (χ4v) is 3.20.